The number of carbonyl (C=O) groups is 1. The van der Waals surface area contributed by atoms with Crippen LogP contribution in [0.1, 0.15) is 25.1 Å². The van der Waals surface area contributed by atoms with Crippen LogP contribution in [0.5, 0.6) is 0 Å². The molecule has 0 fully saturated rings. The van der Waals surface area contributed by atoms with E-state index in [4.69, 9.17) is 4.52 Å². The zero-order valence-corrected chi connectivity index (χ0v) is 9.79. The standard InChI is InChI=1S/C10H13F3N2O3/c1-2-7(16)5-9-14-8(15-18-9)3-4-17-6-10(11,12)13/h2-6H2,1H3. The van der Waals surface area contributed by atoms with Crippen molar-refractivity contribution < 1.29 is 27.2 Å². The second-order valence-electron chi connectivity index (χ2n) is 3.59. The van der Waals surface area contributed by atoms with Crippen LogP contribution >= 0.6 is 0 Å². The highest BCUT2D eigenvalue weighted by Gasteiger charge is 2.27. The Hall–Kier alpha value is -1.44. The summed E-state index contributed by atoms with van der Waals surface area (Å²) in [5.41, 5.74) is 0. The van der Waals surface area contributed by atoms with Gasteiger partial charge in [0.1, 0.15) is 12.4 Å². The van der Waals surface area contributed by atoms with Gasteiger partial charge in [-0.05, 0) is 0 Å². The summed E-state index contributed by atoms with van der Waals surface area (Å²) in [4.78, 5) is 15.0. The number of Topliss-reactive ketones (excluding diaryl/α,β-unsaturated/α-hetero) is 1. The predicted molar refractivity (Wildman–Crippen MR) is 53.9 cm³/mol. The Morgan fingerprint density at radius 2 is 2.17 bits per heavy atom. The maximum absolute atomic E-state index is 11.8. The van der Waals surface area contributed by atoms with Gasteiger partial charge in [0, 0.05) is 12.8 Å². The third kappa shape index (κ3) is 5.76. The first-order chi connectivity index (χ1) is 8.40. The fourth-order valence-electron chi connectivity index (χ4n) is 1.11. The molecule has 0 radical (unpaired) electrons. The number of hydrogen-bond acceptors (Lipinski definition) is 5. The molecule has 0 saturated carbocycles. The number of halogens is 3. The van der Waals surface area contributed by atoms with Crippen molar-refractivity contribution in [2.75, 3.05) is 13.2 Å². The van der Waals surface area contributed by atoms with Crippen molar-refractivity contribution in [3.63, 3.8) is 0 Å². The van der Waals surface area contributed by atoms with E-state index in [2.05, 4.69) is 14.9 Å². The van der Waals surface area contributed by atoms with Crippen molar-refractivity contribution in [1.82, 2.24) is 10.1 Å². The molecule has 102 valence electrons. The van der Waals surface area contributed by atoms with Gasteiger partial charge in [-0.3, -0.25) is 4.79 Å². The summed E-state index contributed by atoms with van der Waals surface area (Å²) in [6, 6.07) is 0. The van der Waals surface area contributed by atoms with E-state index in [9.17, 15) is 18.0 Å². The zero-order valence-electron chi connectivity index (χ0n) is 9.79. The summed E-state index contributed by atoms with van der Waals surface area (Å²) in [6.45, 7) is 0.261. The number of nitrogens with zero attached hydrogens (tertiary/aromatic N) is 2. The summed E-state index contributed by atoms with van der Waals surface area (Å²) in [6.07, 6.45) is -3.81. The number of ether oxygens (including phenoxy) is 1. The molecule has 0 aromatic carbocycles. The lowest BCUT2D eigenvalue weighted by Crippen LogP contribution is -2.18. The van der Waals surface area contributed by atoms with Crippen LogP contribution in [0.25, 0.3) is 0 Å². The van der Waals surface area contributed by atoms with Crippen LogP contribution in [0.15, 0.2) is 4.52 Å². The lowest BCUT2D eigenvalue weighted by Gasteiger charge is -2.05. The average Bonchev–Trinajstić information content (AvgIpc) is 2.71. The molecule has 0 aliphatic rings. The minimum absolute atomic E-state index is 0.0430. The summed E-state index contributed by atoms with van der Waals surface area (Å²) >= 11 is 0. The number of ketones is 1. The fourth-order valence-corrected chi connectivity index (χ4v) is 1.11. The Morgan fingerprint density at radius 3 is 2.78 bits per heavy atom. The van der Waals surface area contributed by atoms with Gasteiger partial charge in [0.25, 0.3) is 0 Å². The minimum Gasteiger partial charge on any atom is -0.372 e. The first-order valence-electron chi connectivity index (χ1n) is 5.38. The van der Waals surface area contributed by atoms with Crippen LogP contribution in [-0.4, -0.2) is 35.3 Å². The molecule has 0 aliphatic carbocycles. The van der Waals surface area contributed by atoms with Crippen LogP contribution < -0.4 is 0 Å². The van der Waals surface area contributed by atoms with Gasteiger partial charge in [0.05, 0.1) is 13.0 Å². The highest BCUT2D eigenvalue weighted by molar-refractivity contribution is 5.79. The van der Waals surface area contributed by atoms with Crippen LogP contribution in [0.2, 0.25) is 0 Å². The molecule has 18 heavy (non-hydrogen) atoms. The van der Waals surface area contributed by atoms with Gasteiger partial charge < -0.3 is 9.26 Å². The monoisotopic (exact) mass is 266 g/mol. The van der Waals surface area contributed by atoms with E-state index < -0.39 is 12.8 Å². The average molecular weight is 266 g/mol. The molecule has 0 spiro atoms. The van der Waals surface area contributed by atoms with Crippen LogP contribution in [0, 0.1) is 0 Å². The quantitative estimate of drug-likeness (QED) is 0.703. The summed E-state index contributed by atoms with van der Waals surface area (Å²) < 4.78 is 44.4. The topological polar surface area (TPSA) is 65.2 Å². The molecule has 1 aromatic rings. The number of alkyl halides is 3. The third-order valence-corrected chi connectivity index (χ3v) is 1.99. The highest BCUT2D eigenvalue weighted by atomic mass is 19.4. The van der Waals surface area contributed by atoms with Gasteiger partial charge in [0.15, 0.2) is 5.82 Å². The lowest BCUT2D eigenvalue weighted by molar-refractivity contribution is -0.173. The Morgan fingerprint density at radius 1 is 1.44 bits per heavy atom. The van der Waals surface area contributed by atoms with Gasteiger partial charge in [-0.2, -0.15) is 18.2 Å². The first kappa shape index (κ1) is 14.6. The number of aromatic nitrogens is 2. The van der Waals surface area contributed by atoms with Gasteiger partial charge in [0.2, 0.25) is 5.89 Å². The molecule has 0 bridgehead atoms. The maximum atomic E-state index is 11.8. The molecular formula is C10H13F3N2O3. The SMILES string of the molecule is CCC(=O)Cc1nc(CCOCC(F)(F)F)no1. The normalized spacial score (nSPS) is 11.8. The third-order valence-electron chi connectivity index (χ3n) is 1.99. The van der Waals surface area contributed by atoms with E-state index in [1.54, 1.807) is 6.92 Å². The fraction of sp³-hybridized carbons (Fsp3) is 0.700. The largest absolute Gasteiger partial charge is 0.411 e. The zero-order chi connectivity index (χ0) is 13.6. The van der Waals surface area contributed by atoms with Crippen molar-refractivity contribution in [2.24, 2.45) is 0 Å². The molecule has 1 rings (SSSR count). The molecule has 0 saturated heterocycles. The van der Waals surface area contributed by atoms with Crippen molar-refractivity contribution >= 4 is 5.78 Å². The minimum atomic E-state index is -4.34. The van der Waals surface area contributed by atoms with Gasteiger partial charge in [-0.1, -0.05) is 12.1 Å². The molecule has 0 amide bonds. The van der Waals surface area contributed by atoms with E-state index in [1.165, 1.54) is 0 Å². The molecule has 0 atom stereocenters. The van der Waals surface area contributed by atoms with Crippen molar-refractivity contribution in [1.29, 1.82) is 0 Å². The van der Waals surface area contributed by atoms with Crippen molar-refractivity contribution in [3.05, 3.63) is 11.7 Å². The smallest absolute Gasteiger partial charge is 0.372 e. The number of rotatable bonds is 7. The van der Waals surface area contributed by atoms with E-state index in [1.807, 2.05) is 0 Å². The molecule has 5 nitrogen and oxygen atoms in total. The molecule has 0 aliphatic heterocycles. The summed E-state index contributed by atoms with van der Waals surface area (Å²) in [5.74, 6) is 0.363. The van der Waals surface area contributed by atoms with Gasteiger partial charge in [-0.25, -0.2) is 0 Å². The van der Waals surface area contributed by atoms with Crippen LogP contribution in [0.3, 0.4) is 0 Å². The Kier molecular flexibility index (Phi) is 5.26. The Labute approximate surface area is 101 Å². The molecule has 8 heteroatoms. The Bertz CT molecular complexity index is 390. The molecule has 0 N–H and O–H groups in total. The van der Waals surface area contributed by atoms with E-state index >= 15 is 0 Å². The number of hydrogen-bond donors (Lipinski definition) is 0. The van der Waals surface area contributed by atoms with E-state index in [-0.39, 0.29) is 36.9 Å². The Balaban J connectivity index is 2.29. The number of carbonyl (C=O) groups excluding carboxylic acids is 1. The second-order valence-corrected chi connectivity index (χ2v) is 3.59. The lowest BCUT2D eigenvalue weighted by atomic mass is 10.2. The summed E-state index contributed by atoms with van der Waals surface area (Å²) in [7, 11) is 0. The van der Waals surface area contributed by atoms with E-state index in [0.717, 1.165) is 0 Å². The maximum Gasteiger partial charge on any atom is 0.411 e. The predicted octanol–water partition coefficient (Wildman–Crippen LogP) is 1.71. The molecule has 1 aromatic heterocycles. The van der Waals surface area contributed by atoms with E-state index in [0.29, 0.717) is 6.42 Å². The van der Waals surface area contributed by atoms with Crippen molar-refractivity contribution in [2.45, 2.75) is 32.4 Å². The van der Waals surface area contributed by atoms with Crippen LogP contribution in [0.4, 0.5) is 13.2 Å². The molecule has 0 unspecified atom stereocenters. The van der Waals surface area contributed by atoms with Gasteiger partial charge in [-0.15, -0.1) is 0 Å². The second kappa shape index (κ2) is 6.48. The van der Waals surface area contributed by atoms with Crippen LogP contribution in [-0.2, 0) is 22.4 Å². The first-order valence-corrected chi connectivity index (χ1v) is 5.38. The molecular weight excluding hydrogens is 253 g/mol. The molecule has 1 heterocycles. The summed E-state index contributed by atoms with van der Waals surface area (Å²) in [5, 5.41) is 3.54. The van der Waals surface area contributed by atoms with Crippen molar-refractivity contribution in [3.8, 4) is 0 Å². The van der Waals surface area contributed by atoms with Gasteiger partial charge >= 0.3 is 6.18 Å². The highest BCUT2D eigenvalue weighted by Crippen LogP contribution is 2.14.